The lowest BCUT2D eigenvalue weighted by Gasteiger charge is -2.10. The van der Waals surface area contributed by atoms with Crippen LogP contribution in [0.3, 0.4) is 0 Å². The molecule has 2 nitrogen and oxygen atoms in total. The van der Waals surface area contributed by atoms with Gasteiger partial charge in [0.2, 0.25) is 0 Å². The van der Waals surface area contributed by atoms with Crippen molar-refractivity contribution >= 4 is 37.8 Å². The molecule has 0 aliphatic heterocycles. The van der Waals surface area contributed by atoms with Crippen molar-refractivity contribution in [3.8, 4) is 0 Å². The maximum Gasteiger partial charge on any atom is 0.416 e. The largest absolute Gasteiger partial charge is 0.416 e. The van der Waals surface area contributed by atoms with Gasteiger partial charge in [-0.2, -0.15) is 13.2 Å². The molecule has 0 aromatic heterocycles. The Balaban J connectivity index is 2.90. The van der Waals surface area contributed by atoms with E-state index >= 15 is 0 Å². The normalized spacial score (nSPS) is 11.4. The predicted molar refractivity (Wildman–Crippen MR) is 69.9 cm³/mol. The Morgan fingerprint density at radius 2 is 2.00 bits per heavy atom. The van der Waals surface area contributed by atoms with E-state index in [1.54, 1.807) is 0 Å². The van der Waals surface area contributed by atoms with Gasteiger partial charge in [-0.3, -0.25) is 4.79 Å². The fourth-order valence-corrected chi connectivity index (χ4v) is 1.95. The average Bonchev–Trinajstić information content (AvgIpc) is 2.28. The maximum atomic E-state index is 12.5. The number of benzene rings is 1. The molecule has 1 aromatic rings. The highest BCUT2D eigenvalue weighted by molar-refractivity contribution is 9.10. The van der Waals surface area contributed by atoms with E-state index < -0.39 is 17.6 Å². The summed E-state index contributed by atoms with van der Waals surface area (Å²) in [5.41, 5.74) is -0.851. The Hall–Kier alpha value is -0.560. The van der Waals surface area contributed by atoms with E-state index in [0.29, 0.717) is 17.4 Å². The number of rotatable bonds is 4. The van der Waals surface area contributed by atoms with Crippen molar-refractivity contribution in [2.45, 2.75) is 12.6 Å². The Labute approximate surface area is 119 Å². The highest BCUT2D eigenvalue weighted by Gasteiger charge is 2.31. The average molecular weight is 389 g/mol. The topological polar surface area (TPSA) is 29.1 Å². The van der Waals surface area contributed by atoms with Crippen LogP contribution in [0.1, 0.15) is 22.3 Å². The molecule has 1 N–H and O–H groups in total. The van der Waals surface area contributed by atoms with E-state index in [4.69, 9.17) is 0 Å². The van der Waals surface area contributed by atoms with Gasteiger partial charge in [0.1, 0.15) is 0 Å². The number of alkyl halides is 4. The molecule has 100 valence electrons. The molecule has 0 bridgehead atoms. The van der Waals surface area contributed by atoms with E-state index in [-0.39, 0.29) is 5.56 Å². The van der Waals surface area contributed by atoms with Crippen molar-refractivity contribution in [2.24, 2.45) is 0 Å². The summed E-state index contributed by atoms with van der Waals surface area (Å²) in [4.78, 5) is 11.7. The summed E-state index contributed by atoms with van der Waals surface area (Å²) in [5.74, 6) is -0.520. The first-order valence-electron chi connectivity index (χ1n) is 5.07. The molecule has 0 aliphatic rings. The van der Waals surface area contributed by atoms with E-state index in [1.165, 1.54) is 6.07 Å². The van der Waals surface area contributed by atoms with Crippen molar-refractivity contribution < 1.29 is 18.0 Å². The molecule has 1 rings (SSSR count). The smallest absolute Gasteiger partial charge is 0.352 e. The molecule has 0 spiro atoms. The highest BCUT2D eigenvalue weighted by atomic mass is 79.9. The van der Waals surface area contributed by atoms with Crippen LogP contribution in [0.2, 0.25) is 0 Å². The second kappa shape index (κ2) is 6.56. The van der Waals surface area contributed by atoms with Crippen LogP contribution in [0.15, 0.2) is 22.7 Å². The second-order valence-corrected chi connectivity index (χ2v) is 5.14. The second-order valence-electron chi connectivity index (χ2n) is 3.49. The van der Waals surface area contributed by atoms with Crippen molar-refractivity contribution in [3.63, 3.8) is 0 Å². The molecule has 0 heterocycles. The molecule has 0 radical (unpaired) electrons. The van der Waals surface area contributed by atoms with Gasteiger partial charge in [-0.15, -0.1) is 0 Å². The number of nitrogens with one attached hydrogen (secondary N) is 1. The standard InChI is InChI=1S/C11H10Br2F3NO/c12-4-1-5-17-10(18)8-6-7(11(14,15)16)2-3-9(8)13/h2-3,6H,1,4-5H2,(H,17,18). The Bertz CT molecular complexity index is 435. The van der Waals surface area contributed by atoms with Crippen molar-refractivity contribution in [2.75, 3.05) is 11.9 Å². The third-order valence-electron chi connectivity index (χ3n) is 2.13. The Morgan fingerprint density at radius 1 is 1.33 bits per heavy atom. The zero-order chi connectivity index (χ0) is 13.8. The molecule has 0 aliphatic carbocycles. The van der Waals surface area contributed by atoms with Gasteiger partial charge in [-0.1, -0.05) is 15.9 Å². The third-order valence-corrected chi connectivity index (χ3v) is 3.39. The quantitative estimate of drug-likeness (QED) is 0.613. The Kier molecular flexibility index (Phi) is 5.65. The van der Waals surface area contributed by atoms with Crippen molar-refractivity contribution in [1.29, 1.82) is 0 Å². The minimum Gasteiger partial charge on any atom is -0.352 e. The lowest BCUT2D eigenvalue weighted by atomic mass is 10.1. The molecule has 0 saturated heterocycles. The fraction of sp³-hybridized carbons (Fsp3) is 0.364. The monoisotopic (exact) mass is 387 g/mol. The van der Waals surface area contributed by atoms with Crippen LogP contribution < -0.4 is 5.32 Å². The van der Waals surface area contributed by atoms with Crippen molar-refractivity contribution in [3.05, 3.63) is 33.8 Å². The Morgan fingerprint density at radius 3 is 2.56 bits per heavy atom. The highest BCUT2D eigenvalue weighted by Crippen LogP contribution is 2.31. The molecule has 0 unspecified atom stereocenters. The van der Waals surface area contributed by atoms with Crippen LogP contribution in [-0.2, 0) is 6.18 Å². The summed E-state index contributed by atoms with van der Waals surface area (Å²) >= 11 is 6.27. The lowest BCUT2D eigenvalue weighted by molar-refractivity contribution is -0.137. The van der Waals surface area contributed by atoms with E-state index in [1.807, 2.05) is 0 Å². The van der Waals surface area contributed by atoms with Gasteiger partial charge in [-0.05, 0) is 40.5 Å². The molecule has 1 aromatic carbocycles. The number of halogens is 5. The number of hydrogen-bond donors (Lipinski definition) is 1. The van der Waals surface area contributed by atoms with Crippen LogP contribution in [0.25, 0.3) is 0 Å². The summed E-state index contributed by atoms with van der Waals surface area (Å²) in [6, 6.07) is 3.00. The first-order chi connectivity index (χ1) is 8.36. The minimum atomic E-state index is -4.45. The van der Waals surface area contributed by atoms with Gasteiger partial charge in [-0.25, -0.2) is 0 Å². The first-order valence-corrected chi connectivity index (χ1v) is 6.98. The SMILES string of the molecule is O=C(NCCCBr)c1cc(C(F)(F)F)ccc1Br. The summed E-state index contributed by atoms with van der Waals surface area (Å²) in [6.45, 7) is 0.409. The minimum absolute atomic E-state index is 0.0144. The number of amides is 1. The van der Waals surface area contributed by atoms with Gasteiger partial charge >= 0.3 is 6.18 Å². The fourth-order valence-electron chi connectivity index (χ4n) is 1.24. The molecule has 0 fully saturated rings. The number of carbonyl (C=O) groups is 1. The van der Waals surface area contributed by atoms with Crippen LogP contribution in [0, 0.1) is 0 Å². The molecule has 0 saturated carbocycles. The van der Waals surface area contributed by atoms with Gasteiger partial charge < -0.3 is 5.32 Å². The molecular formula is C11H10Br2F3NO. The van der Waals surface area contributed by atoms with Gasteiger partial charge in [0.05, 0.1) is 11.1 Å². The van der Waals surface area contributed by atoms with Crippen LogP contribution >= 0.6 is 31.9 Å². The summed E-state index contributed by atoms with van der Waals surface area (Å²) < 4.78 is 37.9. The molecule has 18 heavy (non-hydrogen) atoms. The zero-order valence-corrected chi connectivity index (χ0v) is 12.3. The first kappa shape index (κ1) is 15.5. The van der Waals surface area contributed by atoms with Crippen LogP contribution in [0.4, 0.5) is 13.2 Å². The number of carbonyl (C=O) groups excluding carboxylic acids is 1. The number of hydrogen-bond acceptors (Lipinski definition) is 1. The van der Waals surface area contributed by atoms with E-state index in [2.05, 4.69) is 37.2 Å². The van der Waals surface area contributed by atoms with Gasteiger partial charge in [0.25, 0.3) is 5.91 Å². The van der Waals surface area contributed by atoms with Gasteiger partial charge in [0.15, 0.2) is 0 Å². The summed E-state index contributed by atoms with van der Waals surface area (Å²) in [5, 5.41) is 3.27. The van der Waals surface area contributed by atoms with Crippen LogP contribution in [-0.4, -0.2) is 17.8 Å². The van der Waals surface area contributed by atoms with E-state index in [9.17, 15) is 18.0 Å². The zero-order valence-electron chi connectivity index (χ0n) is 9.15. The lowest BCUT2D eigenvalue weighted by Crippen LogP contribution is -2.25. The van der Waals surface area contributed by atoms with Crippen LogP contribution in [0.5, 0.6) is 0 Å². The predicted octanol–water partition coefficient (Wildman–Crippen LogP) is 3.98. The summed E-state index contributed by atoms with van der Waals surface area (Å²) in [7, 11) is 0. The molecule has 0 atom stereocenters. The van der Waals surface area contributed by atoms with Gasteiger partial charge in [0, 0.05) is 16.3 Å². The molecule has 1 amide bonds. The summed E-state index contributed by atoms with van der Waals surface area (Å²) in [6.07, 6.45) is -3.74. The molecular weight excluding hydrogens is 379 g/mol. The van der Waals surface area contributed by atoms with E-state index in [0.717, 1.165) is 17.5 Å². The third kappa shape index (κ3) is 4.28. The van der Waals surface area contributed by atoms with Crippen molar-refractivity contribution in [1.82, 2.24) is 5.32 Å². The molecule has 7 heteroatoms. The maximum absolute atomic E-state index is 12.5.